The molecule has 7 nitrogen and oxygen atoms in total. The second-order valence-electron chi connectivity index (χ2n) is 5.76. The predicted octanol–water partition coefficient (Wildman–Crippen LogP) is 2.43. The molecule has 0 aliphatic heterocycles. The number of carbonyl (C=O) groups is 1. The molecule has 3 rings (SSSR count). The van der Waals surface area contributed by atoms with E-state index < -0.39 is 16.0 Å². The Kier molecular flexibility index (Phi) is 4.97. The largest absolute Gasteiger partial charge is 0.478 e. The second-order valence-corrected chi connectivity index (χ2v) is 7.64. The molecule has 2 aromatic carbocycles. The summed E-state index contributed by atoms with van der Waals surface area (Å²) < 4.78 is 25.9. The van der Waals surface area contributed by atoms with E-state index in [2.05, 4.69) is 15.0 Å². The van der Waals surface area contributed by atoms with Gasteiger partial charge in [0.15, 0.2) is 0 Å². The summed E-state index contributed by atoms with van der Waals surface area (Å²) in [7, 11) is -2.42. The number of aromatic amines is 1. The smallest absolute Gasteiger partial charge is 0.337 e. The number of anilines is 1. The molecule has 26 heavy (non-hydrogen) atoms. The van der Waals surface area contributed by atoms with Crippen molar-refractivity contribution in [1.29, 1.82) is 0 Å². The fourth-order valence-electron chi connectivity index (χ4n) is 2.81. The molecule has 1 heterocycles. The summed E-state index contributed by atoms with van der Waals surface area (Å²) >= 11 is 0. The van der Waals surface area contributed by atoms with Gasteiger partial charge in [-0.3, -0.25) is 0 Å². The molecule has 1 aromatic heterocycles. The van der Waals surface area contributed by atoms with Crippen LogP contribution in [0.2, 0.25) is 0 Å². The summed E-state index contributed by atoms with van der Waals surface area (Å²) in [6.07, 6.45) is 2.63. The van der Waals surface area contributed by atoms with E-state index in [-0.39, 0.29) is 10.5 Å². The van der Waals surface area contributed by atoms with Crippen molar-refractivity contribution in [3.8, 4) is 0 Å². The van der Waals surface area contributed by atoms with Gasteiger partial charge in [-0.15, -0.1) is 0 Å². The molecular formula is C18H19N3O4S. The normalized spacial score (nSPS) is 11.6. The summed E-state index contributed by atoms with van der Waals surface area (Å²) in [6, 6.07) is 12.0. The monoisotopic (exact) mass is 373 g/mol. The lowest BCUT2D eigenvalue weighted by molar-refractivity contribution is 0.0697. The zero-order valence-corrected chi connectivity index (χ0v) is 14.9. The molecule has 0 atom stereocenters. The van der Waals surface area contributed by atoms with Crippen molar-refractivity contribution in [2.75, 3.05) is 18.9 Å². The first-order valence-corrected chi connectivity index (χ1v) is 9.50. The average Bonchev–Trinajstić information content (AvgIpc) is 3.05. The van der Waals surface area contributed by atoms with Crippen molar-refractivity contribution in [2.45, 2.75) is 11.3 Å². The number of aromatic carboxylic acids is 1. The van der Waals surface area contributed by atoms with Gasteiger partial charge in [-0.25, -0.2) is 17.9 Å². The molecule has 136 valence electrons. The third-order valence-electron chi connectivity index (χ3n) is 4.19. The summed E-state index contributed by atoms with van der Waals surface area (Å²) in [5, 5.41) is 13.6. The molecule has 0 bridgehead atoms. The summed E-state index contributed by atoms with van der Waals surface area (Å²) in [6.45, 7) is 0.514. The van der Waals surface area contributed by atoms with Crippen LogP contribution >= 0.6 is 0 Å². The van der Waals surface area contributed by atoms with E-state index in [9.17, 15) is 18.3 Å². The number of carboxylic acid groups (broad SMARTS) is 1. The maximum Gasteiger partial charge on any atom is 0.337 e. The minimum atomic E-state index is -3.70. The van der Waals surface area contributed by atoms with Gasteiger partial charge in [0, 0.05) is 29.3 Å². The van der Waals surface area contributed by atoms with Crippen molar-refractivity contribution in [3.05, 3.63) is 59.8 Å². The van der Waals surface area contributed by atoms with Crippen LogP contribution in [0.3, 0.4) is 0 Å². The molecule has 0 unspecified atom stereocenters. The van der Waals surface area contributed by atoms with Crippen LogP contribution in [0.1, 0.15) is 15.9 Å². The van der Waals surface area contributed by atoms with Gasteiger partial charge in [-0.1, -0.05) is 18.2 Å². The number of carboxylic acids is 1. The Bertz CT molecular complexity index is 1060. The number of H-pyrrole nitrogens is 1. The number of sulfonamides is 1. The minimum Gasteiger partial charge on any atom is -0.478 e. The van der Waals surface area contributed by atoms with Gasteiger partial charge in [0.05, 0.1) is 10.5 Å². The van der Waals surface area contributed by atoms with Crippen LogP contribution in [0.5, 0.6) is 0 Å². The van der Waals surface area contributed by atoms with Crippen LogP contribution in [0.4, 0.5) is 5.69 Å². The van der Waals surface area contributed by atoms with E-state index in [0.29, 0.717) is 18.7 Å². The fourth-order valence-corrected chi connectivity index (χ4v) is 3.57. The Labute approximate surface area is 151 Å². The number of aromatic nitrogens is 1. The van der Waals surface area contributed by atoms with E-state index in [4.69, 9.17) is 0 Å². The maximum atomic E-state index is 11.9. The number of fused-ring (bicyclic) bond motifs is 1. The quantitative estimate of drug-likeness (QED) is 0.508. The highest BCUT2D eigenvalue weighted by molar-refractivity contribution is 7.89. The van der Waals surface area contributed by atoms with Gasteiger partial charge in [0.25, 0.3) is 0 Å². The Morgan fingerprint density at radius 3 is 2.69 bits per heavy atom. The third-order valence-corrected chi connectivity index (χ3v) is 5.60. The van der Waals surface area contributed by atoms with Crippen LogP contribution < -0.4 is 10.0 Å². The molecule has 3 aromatic rings. The second kappa shape index (κ2) is 7.19. The Morgan fingerprint density at radius 1 is 1.19 bits per heavy atom. The standard InChI is InChI=1S/C18H19N3O4S/c1-19-26(24,25)13-6-7-17(15(10-13)18(22)23)20-9-8-12-11-21-16-5-3-2-4-14(12)16/h2-7,10-11,19-21H,8-9H2,1H3,(H,22,23). The molecule has 8 heteroatoms. The zero-order chi connectivity index (χ0) is 18.7. The van der Waals surface area contributed by atoms with Crippen LogP contribution in [0, 0.1) is 0 Å². The van der Waals surface area contributed by atoms with Crippen LogP contribution in [0.25, 0.3) is 10.9 Å². The van der Waals surface area contributed by atoms with Crippen molar-refractivity contribution < 1.29 is 18.3 Å². The van der Waals surface area contributed by atoms with Crippen molar-refractivity contribution >= 4 is 32.6 Å². The molecule has 0 spiro atoms. The molecule has 0 saturated heterocycles. The average molecular weight is 373 g/mol. The number of hydrogen-bond acceptors (Lipinski definition) is 4. The lowest BCUT2D eigenvalue weighted by Crippen LogP contribution is -2.19. The highest BCUT2D eigenvalue weighted by Crippen LogP contribution is 2.22. The van der Waals surface area contributed by atoms with E-state index in [1.807, 2.05) is 30.5 Å². The van der Waals surface area contributed by atoms with Crippen LogP contribution in [-0.2, 0) is 16.4 Å². The van der Waals surface area contributed by atoms with E-state index in [1.165, 1.54) is 19.2 Å². The molecule has 0 aliphatic rings. The number of rotatable bonds is 7. The first-order chi connectivity index (χ1) is 12.4. The Balaban J connectivity index is 1.78. The van der Waals surface area contributed by atoms with Gasteiger partial charge in [0.1, 0.15) is 0 Å². The highest BCUT2D eigenvalue weighted by atomic mass is 32.2. The lowest BCUT2D eigenvalue weighted by atomic mass is 10.1. The third kappa shape index (κ3) is 3.56. The lowest BCUT2D eigenvalue weighted by Gasteiger charge is -2.11. The number of benzene rings is 2. The summed E-state index contributed by atoms with van der Waals surface area (Å²) in [5.41, 5.74) is 2.47. The Hall–Kier alpha value is -2.84. The van der Waals surface area contributed by atoms with Crippen LogP contribution in [0.15, 0.2) is 53.6 Å². The van der Waals surface area contributed by atoms with Gasteiger partial charge in [-0.05, 0) is 43.3 Å². The molecule has 0 saturated carbocycles. The Morgan fingerprint density at radius 2 is 1.96 bits per heavy atom. The fraction of sp³-hybridized carbons (Fsp3) is 0.167. The molecule has 0 amide bonds. The number of hydrogen-bond donors (Lipinski definition) is 4. The van der Waals surface area contributed by atoms with Crippen LogP contribution in [-0.4, -0.2) is 38.1 Å². The first-order valence-electron chi connectivity index (χ1n) is 8.02. The minimum absolute atomic E-state index is 0.0831. The van der Waals surface area contributed by atoms with Gasteiger partial charge >= 0.3 is 5.97 Å². The highest BCUT2D eigenvalue weighted by Gasteiger charge is 2.17. The van der Waals surface area contributed by atoms with E-state index in [0.717, 1.165) is 22.5 Å². The molecular weight excluding hydrogens is 354 g/mol. The first kappa shape index (κ1) is 18.0. The number of para-hydroxylation sites is 1. The van der Waals surface area contributed by atoms with Gasteiger partial charge < -0.3 is 15.4 Å². The molecule has 0 fully saturated rings. The van der Waals surface area contributed by atoms with E-state index >= 15 is 0 Å². The molecule has 0 aliphatic carbocycles. The summed E-state index contributed by atoms with van der Waals surface area (Å²) in [4.78, 5) is 14.6. The van der Waals surface area contributed by atoms with Crippen molar-refractivity contribution in [1.82, 2.24) is 9.71 Å². The van der Waals surface area contributed by atoms with E-state index in [1.54, 1.807) is 0 Å². The van der Waals surface area contributed by atoms with Crippen molar-refractivity contribution in [2.24, 2.45) is 0 Å². The van der Waals surface area contributed by atoms with Gasteiger partial charge in [-0.2, -0.15) is 0 Å². The SMILES string of the molecule is CNS(=O)(=O)c1ccc(NCCc2c[nH]c3ccccc23)c(C(=O)O)c1. The summed E-state index contributed by atoms with van der Waals surface area (Å²) in [5.74, 6) is -1.19. The van der Waals surface area contributed by atoms with Gasteiger partial charge in [0.2, 0.25) is 10.0 Å². The zero-order valence-electron chi connectivity index (χ0n) is 14.1. The molecule has 0 radical (unpaired) electrons. The topological polar surface area (TPSA) is 111 Å². The number of nitrogens with one attached hydrogen (secondary N) is 3. The predicted molar refractivity (Wildman–Crippen MR) is 100 cm³/mol. The maximum absolute atomic E-state index is 11.9. The van der Waals surface area contributed by atoms with Crippen molar-refractivity contribution in [3.63, 3.8) is 0 Å². The molecule has 4 N–H and O–H groups in total.